The van der Waals surface area contributed by atoms with Gasteiger partial charge in [-0.1, -0.05) is 0 Å². The Bertz CT molecular complexity index is 542. The van der Waals surface area contributed by atoms with E-state index < -0.39 is 10.0 Å². The molecule has 6 nitrogen and oxygen atoms in total. The van der Waals surface area contributed by atoms with Crippen molar-refractivity contribution in [3.8, 4) is 0 Å². The monoisotopic (exact) mass is 298 g/mol. The summed E-state index contributed by atoms with van der Waals surface area (Å²) in [6.07, 6.45) is 1.83. The van der Waals surface area contributed by atoms with Crippen molar-refractivity contribution in [2.45, 2.75) is 23.8 Å². The molecule has 1 unspecified atom stereocenters. The summed E-state index contributed by atoms with van der Waals surface area (Å²) in [5, 5.41) is 0. The highest BCUT2D eigenvalue weighted by Gasteiger charge is 2.35. The quantitative estimate of drug-likeness (QED) is 0.617. The highest BCUT2D eigenvalue weighted by molar-refractivity contribution is 7.89. The van der Waals surface area contributed by atoms with E-state index in [1.54, 1.807) is 28.6 Å². The van der Waals surface area contributed by atoms with Crippen LogP contribution < -0.4 is 11.3 Å². The Kier molecular flexibility index (Phi) is 4.64. The van der Waals surface area contributed by atoms with Crippen molar-refractivity contribution in [2.24, 2.45) is 5.84 Å². The van der Waals surface area contributed by atoms with Gasteiger partial charge in [-0.3, -0.25) is 5.84 Å². The second kappa shape index (κ2) is 6.09. The molecule has 1 saturated heterocycles. The van der Waals surface area contributed by atoms with Gasteiger partial charge in [0, 0.05) is 24.8 Å². The van der Waals surface area contributed by atoms with Crippen LogP contribution in [0.2, 0.25) is 0 Å². The largest absolute Gasteiger partial charge is 0.324 e. The lowest BCUT2D eigenvalue weighted by Gasteiger charge is -2.26. The highest BCUT2D eigenvalue weighted by atomic mass is 32.2. The number of nitrogens with zero attached hydrogens (tertiary/aromatic N) is 2. The number of nitrogens with one attached hydrogen (secondary N) is 1. The maximum atomic E-state index is 12.7. The number of hydrogen-bond donors (Lipinski definition) is 2. The van der Waals surface area contributed by atoms with E-state index in [1.165, 1.54) is 0 Å². The number of sulfonamides is 1. The van der Waals surface area contributed by atoms with Gasteiger partial charge in [-0.05, 0) is 51.2 Å². The second-order valence-corrected chi connectivity index (χ2v) is 7.23. The van der Waals surface area contributed by atoms with Crippen molar-refractivity contribution < 1.29 is 8.42 Å². The Balaban J connectivity index is 2.24. The third-order valence-corrected chi connectivity index (χ3v) is 5.49. The first kappa shape index (κ1) is 15.2. The van der Waals surface area contributed by atoms with E-state index in [9.17, 15) is 8.42 Å². The van der Waals surface area contributed by atoms with Crippen LogP contribution in [0.4, 0.5) is 5.69 Å². The van der Waals surface area contributed by atoms with Gasteiger partial charge in [0.1, 0.15) is 0 Å². The summed E-state index contributed by atoms with van der Waals surface area (Å²) in [7, 11) is 0.506. The molecule has 7 heteroatoms. The number of hydrogen-bond acceptors (Lipinski definition) is 5. The van der Waals surface area contributed by atoms with Gasteiger partial charge in [-0.25, -0.2) is 8.42 Å². The summed E-state index contributed by atoms with van der Waals surface area (Å²) in [6.45, 7) is 1.35. The van der Waals surface area contributed by atoms with E-state index >= 15 is 0 Å². The second-order valence-electron chi connectivity index (χ2n) is 5.34. The molecule has 0 spiro atoms. The summed E-state index contributed by atoms with van der Waals surface area (Å²) >= 11 is 0. The highest BCUT2D eigenvalue weighted by Crippen LogP contribution is 2.26. The van der Waals surface area contributed by atoms with Gasteiger partial charge in [-0.15, -0.1) is 0 Å². The van der Waals surface area contributed by atoms with Crippen LogP contribution in [-0.2, 0) is 10.0 Å². The number of nitrogen functional groups attached to an aromatic ring is 1. The maximum absolute atomic E-state index is 12.7. The molecule has 1 heterocycles. The van der Waals surface area contributed by atoms with Crippen LogP contribution in [-0.4, -0.2) is 50.8 Å². The zero-order valence-corrected chi connectivity index (χ0v) is 12.7. The molecule has 0 aromatic heterocycles. The summed E-state index contributed by atoms with van der Waals surface area (Å²) in [6, 6.07) is 6.58. The zero-order valence-electron chi connectivity index (χ0n) is 11.9. The standard InChI is InChI=1S/C13H22N4O2S/c1-16(2)10-12-4-3-9-17(12)20(18,19)13-7-5-11(15-14)6-8-13/h5-8,12,15H,3-4,9-10,14H2,1-2H3. The first-order valence-electron chi connectivity index (χ1n) is 6.68. The molecular weight excluding hydrogens is 276 g/mol. The summed E-state index contributed by atoms with van der Waals surface area (Å²) < 4.78 is 27.0. The Morgan fingerprint density at radius 3 is 2.55 bits per heavy atom. The average Bonchev–Trinajstić information content (AvgIpc) is 2.87. The minimum absolute atomic E-state index is 0.0577. The fourth-order valence-corrected chi connectivity index (χ4v) is 4.27. The van der Waals surface area contributed by atoms with Crippen LogP contribution in [0.5, 0.6) is 0 Å². The van der Waals surface area contributed by atoms with Gasteiger partial charge >= 0.3 is 0 Å². The SMILES string of the molecule is CN(C)CC1CCCN1S(=O)(=O)c1ccc(NN)cc1. The topological polar surface area (TPSA) is 78.7 Å². The van der Waals surface area contributed by atoms with E-state index in [-0.39, 0.29) is 6.04 Å². The van der Waals surface area contributed by atoms with Crippen molar-refractivity contribution >= 4 is 15.7 Å². The van der Waals surface area contributed by atoms with Crippen LogP contribution in [0.15, 0.2) is 29.2 Å². The van der Waals surface area contributed by atoms with Gasteiger partial charge in [0.15, 0.2) is 0 Å². The smallest absolute Gasteiger partial charge is 0.243 e. The lowest BCUT2D eigenvalue weighted by Crippen LogP contribution is -2.41. The zero-order chi connectivity index (χ0) is 14.8. The number of likely N-dealkylation sites (N-methyl/N-ethyl adjacent to an activating group) is 1. The maximum Gasteiger partial charge on any atom is 0.243 e. The lowest BCUT2D eigenvalue weighted by molar-refractivity contribution is 0.291. The fraction of sp³-hybridized carbons (Fsp3) is 0.538. The van der Waals surface area contributed by atoms with Crippen LogP contribution in [0.1, 0.15) is 12.8 Å². The fourth-order valence-electron chi connectivity index (χ4n) is 2.59. The van der Waals surface area contributed by atoms with Gasteiger partial charge in [-0.2, -0.15) is 4.31 Å². The number of benzene rings is 1. The Hall–Kier alpha value is -1.15. The molecule has 2 rings (SSSR count). The molecular formula is C13H22N4O2S. The van der Waals surface area contributed by atoms with E-state index in [0.29, 0.717) is 17.1 Å². The summed E-state index contributed by atoms with van der Waals surface area (Å²) in [5.41, 5.74) is 3.18. The van der Waals surface area contributed by atoms with E-state index in [4.69, 9.17) is 5.84 Å². The van der Waals surface area contributed by atoms with Crippen molar-refractivity contribution in [3.63, 3.8) is 0 Å². The minimum atomic E-state index is -3.42. The third-order valence-electron chi connectivity index (χ3n) is 3.53. The van der Waals surface area contributed by atoms with Crippen molar-refractivity contribution in [1.29, 1.82) is 0 Å². The normalized spacial score (nSPS) is 20.5. The first-order valence-corrected chi connectivity index (χ1v) is 8.12. The number of nitrogens with two attached hydrogens (primary N) is 1. The Labute approximate surface area is 120 Å². The number of anilines is 1. The van der Waals surface area contributed by atoms with Gasteiger partial charge in [0.2, 0.25) is 10.0 Å². The molecule has 1 atom stereocenters. The predicted molar refractivity (Wildman–Crippen MR) is 79.7 cm³/mol. The van der Waals surface area contributed by atoms with Gasteiger partial charge in [0.25, 0.3) is 0 Å². The van der Waals surface area contributed by atoms with Gasteiger partial charge in [0.05, 0.1) is 4.90 Å². The number of hydrazine groups is 1. The van der Waals surface area contributed by atoms with Crippen molar-refractivity contribution in [1.82, 2.24) is 9.21 Å². The molecule has 1 aliphatic heterocycles. The molecule has 3 N–H and O–H groups in total. The minimum Gasteiger partial charge on any atom is -0.324 e. The lowest BCUT2D eigenvalue weighted by atomic mass is 10.2. The molecule has 0 saturated carbocycles. The molecule has 112 valence electrons. The Morgan fingerprint density at radius 1 is 1.35 bits per heavy atom. The van der Waals surface area contributed by atoms with E-state index in [1.807, 2.05) is 19.0 Å². The predicted octanol–water partition coefficient (Wildman–Crippen LogP) is 0.687. The number of rotatable bonds is 5. The van der Waals surface area contributed by atoms with E-state index in [2.05, 4.69) is 5.43 Å². The molecule has 0 amide bonds. The molecule has 0 bridgehead atoms. The van der Waals surface area contributed by atoms with Crippen LogP contribution in [0, 0.1) is 0 Å². The van der Waals surface area contributed by atoms with Crippen LogP contribution in [0.3, 0.4) is 0 Å². The average molecular weight is 298 g/mol. The molecule has 1 fully saturated rings. The van der Waals surface area contributed by atoms with Crippen molar-refractivity contribution in [2.75, 3.05) is 32.6 Å². The molecule has 1 aromatic carbocycles. The third kappa shape index (κ3) is 3.12. The van der Waals surface area contributed by atoms with E-state index in [0.717, 1.165) is 19.4 Å². The molecule has 0 aliphatic carbocycles. The Morgan fingerprint density at radius 2 is 2.00 bits per heavy atom. The first-order chi connectivity index (χ1) is 9.45. The molecule has 1 aliphatic rings. The van der Waals surface area contributed by atoms with Crippen molar-refractivity contribution in [3.05, 3.63) is 24.3 Å². The van der Waals surface area contributed by atoms with Gasteiger partial charge < -0.3 is 10.3 Å². The summed E-state index contributed by atoms with van der Waals surface area (Å²) in [4.78, 5) is 2.35. The summed E-state index contributed by atoms with van der Waals surface area (Å²) in [5.74, 6) is 5.29. The van der Waals surface area contributed by atoms with Crippen LogP contribution in [0.25, 0.3) is 0 Å². The molecule has 20 heavy (non-hydrogen) atoms. The molecule has 0 radical (unpaired) electrons. The molecule has 1 aromatic rings. The van der Waals surface area contributed by atoms with Crippen LogP contribution >= 0.6 is 0 Å².